The van der Waals surface area contributed by atoms with E-state index in [4.69, 9.17) is 11.6 Å². The number of hydrogen-bond donors (Lipinski definition) is 0. The van der Waals surface area contributed by atoms with Crippen LogP contribution in [0, 0.1) is 24.4 Å². The Morgan fingerprint density at radius 2 is 1.76 bits per heavy atom. The first-order valence-corrected chi connectivity index (χ1v) is 6.73. The summed E-state index contributed by atoms with van der Waals surface area (Å²) in [5, 5.41) is 0. The third kappa shape index (κ3) is 2.38. The number of halogens is 4. The van der Waals surface area contributed by atoms with Crippen molar-refractivity contribution in [1.29, 1.82) is 0 Å². The molecular weight excluding hydrogens is 301 g/mol. The molecule has 1 aromatic heterocycles. The molecule has 0 bridgehead atoms. The zero-order chi connectivity index (χ0) is 15.1. The van der Waals surface area contributed by atoms with E-state index >= 15 is 0 Å². The molecule has 2 aromatic carbocycles. The second-order valence-corrected chi connectivity index (χ2v) is 5.01. The Morgan fingerprint density at radius 1 is 1.05 bits per heavy atom. The Labute approximate surface area is 123 Å². The third-order valence-electron chi connectivity index (χ3n) is 3.15. The minimum Gasteiger partial charge on any atom is -0.295 e. The fraction of sp³-hybridized carbons (Fsp3) is 0.133. The van der Waals surface area contributed by atoms with Gasteiger partial charge in [-0.15, -0.1) is 11.6 Å². The largest absolute Gasteiger partial charge is 0.295 e. The number of nitrogens with zero attached hydrogens (tertiary/aromatic N) is 2. The van der Waals surface area contributed by atoms with Crippen molar-refractivity contribution in [1.82, 2.24) is 9.55 Å². The van der Waals surface area contributed by atoms with Crippen LogP contribution >= 0.6 is 11.6 Å². The summed E-state index contributed by atoms with van der Waals surface area (Å²) >= 11 is 5.83. The van der Waals surface area contributed by atoms with Gasteiger partial charge in [-0.2, -0.15) is 0 Å². The van der Waals surface area contributed by atoms with Crippen LogP contribution in [0.2, 0.25) is 0 Å². The zero-order valence-electron chi connectivity index (χ0n) is 11.0. The average Bonchev–Trinajstić information content (AvgIpc) is 2.76. The van der Waals surface area contributed by atoms with Gasteiger partial charge in [0, 0.05) is 12.1 Å². The first-order chi connectivity index (χ1) is 9.99. The molecule has 0 unspecified atom stereocenters. The summed E-state index contributed by atoms with van der Waals surface area (Å²) in [5.41, 5.74) is 1.34. The first kappa shape index (κ1) is 13.9. The van der Waals surface area contributed by atoms with Crippen LogP contribution < -0.4 is 0 Å². The Morgan fingerprint density at radius 3 is 2.43 bits per heavy atom. The Balaban J connectivity index is 2.39. The number of aromatic nitrogens is 2. The molecule has 0 amide bonds. The van der Waals surface area contributed by atoms with Gasteiger partial charge in [0.15, 0.2) is 5.82 Å². The number of benzene rings is 2. The molecule has 0 aliphatic carbocycles. The van der Waals surface area contributed by atoms with Crippen LogP contribution in [0.25, 0.3) is 16.7 Å². The van der Waals surface area contributed by atoms with Crippen LogP contribution in [0.4, 0.5) is 13.2 Å². The summed E-state index contributed by atoms with van der Waals surface area (Å²) in [6.07, 6.45) is 0. The maximum absolute atomic E-state index is 13.8. The van der Waals surface area contributed by atoms with Crippen molar-refractivity contribution < 1.29 is 13.2 Å². The number of hydrogen-bond acceptors (Lipinski definition) is 1. The molecular formula is C15H10ClF3N2. The van der Waals surface area contributed by atoms with Crippen LogP contribution in [0.15, 0.2) is 30.3 Å². The molecule has 108 valence electrons. The minimum atomic E-state index is -0.775. The zero-order valence-corrected chi connectivity index (χ0v) is 11.8. The van der Waals surface area contributed by atoms with Gasteiger partial charge in [-0.05, 0) is 30.7 Å². The van der Waals surface area contributed by atoms with Crippen molar-refractivity contribution in [3.63, 3.8) is 0 Å². The van der Waals surface area contributed by atoms with Gasteiger partial charge in [-0.1, -0.05) is 0 Å². The lowest BCUT2D eigenvalue weighted by atomic mass is 10.2. The second kappa shape index (κ2) is 5.07. The maximum atomic E-state index is 13.8. The van der Waals surface area contributed by atoms with E-state index in [0.29, 0.717) is 17.1 Å². The van der Waals surface area contributed by atoms with Gasteiger partial charge in [0.2, 0.25) is 0 Å². The first-order valence-electron chi connectivity index (χ1n) is 6.19. The van der Waals surface area contributed by atoms with Crippen molar-refractivity contribution >= 4 is 22.6 Å². The lowest BCUT2D eigenvalue weighted by molar-refractivity contribution is 0.590. The fourth-order valence-corrected chi connectivity index (χ4v) is 2.55. The average molecular weight is 311 g/mol. The van der Waals surface area contributed by atoms with E-state index < -0.39 is 17.5 Å². The molecule has 6 heteroatoms. The van der Waals surface area contributed by atoms with E-state index in [1.807, 2.05) is 0 Å². The molecule has 0 saturated heterocycles. The highest BCUT2D eigenvalue weighted by molar-refractivity contribution is 6.17. The van der Waals surface area contributed by atoms with Gasteiger partial charge in [-0.3, -0.25) is 4.57 Å². The molecule has 0 spiro atoms. The van der Waals surface area contributed by atoms with Crippen molar-refractivity contribution in [2.75, 3.05) is 0 Å². The summed E-state index contributed by atoms with van der Waals surface area (Å²) in [7, 11) is 0. The van der Waals surface area contributed by atoms with Gasteiger partial charge >= 0.3 is 0 Å². The molecule has 0 aliphatic heterocycles. The van der Waals surface area contributed by atoms with E-state index in [0.717, 1.165) is 12.1 Å². The number of rotatable bonds is 2. The van der Waals surface area contributed by atoms with E-state index in [1.54, 1.807) is 13.0 Å². The lowest BCUT2D eigenvalue weighted by Gasteiger charge is -2.09. The second-order valence-electron chi connectivity index (χ2n) is 4.74. The smallest absolute Gasteiger partial charge is 0.153 e. The predicted octanol–water partition coefficient (Wildman–Crippen LogP) is 4.49. The molecule has 3 aromatic rings. The summed E-state index contributed by atoms with van der Waals surface area (Å²) in [6.45, 7) is 1.73. The van der Waals surface area contributed by atoms with Crippen molar-refractivity contribution in [3.8, 4) is 5.69 Å². The van der Waals surface area contributed by atoms with Crippen LogP contribution in [0.5, 0.6) is 0 Å². The summed E-state index contributed by atoms with van der Waals surface area (Å²) in [4.78, 5) is 4.07. The normalized spacial score (nSPS) is 11.3. The van der Waals surface area contributed by atoms with Gasteiger partial charge < -0.3 is 0 Å². The fourth-order valence-electron chi connectivity index (χ4n) is 2.38. The number of aryl methyl sites for hydroxylation is 1. The monoisotopic (exact) mass is 310 g/mol. The molecule has 0 N–H and O–H groups in total. The summed E-state index contributed by atoms with van der Waals surface area (Å²) in [6, 6.07) is 6.25. The van der Waals surface area contributed by atoms with Crippen molar-refractivity contribution in [2.24, 2.45) is 0 Å². The van der Waals surface area contributed by atoms with Gasteiger partial charge in [0.05, 0.1) is 17.1 Å². The van der Waals surface area contributed by atoms with Gasteiger partial charge in [0.1, 0.15) is 23.0 Å². The van der Waals surface area contributed by atoms with Crippen molar-refractivity contribution in [2.45, 2.75) is 12.8 Å². The highest BCUT2D eigenvalue weighted by Crippen LogP contribution is 2.26. The highest BCUT2D eigenvalue weighted by atomic mass is 35.5. The quantitative estimate of drug-likeness (QED) is 0.638. The molecule has 0 atom stereocenters. The van der Waals surface area contributed by atoms with Crippen LogP contribution in [-0.4, -0.2) is 9.55 Å². The molecule has 3 rings (SSSR count). The Bertz CT molecular complexity index is 822. The predicted molar refractivity (Wildman–Crippen MR) is 75.2 cm³/mol. The van der Waals surface area contributed by atoms with E-state index in [-0.39, 0.29) is 16.9 Å². The molecule has 0 aliphatic rings. The van der Waals surface area contributed by atoms with Gasteiger partial charge in [0.25, 0.3) is 0 Å². The summed E-state index contributed by atoms with van der Waals surface area (Å²) < 4.78 is 42.4. The Kier molecular flexibility index (Phi) is 3.37. The van der Waals surface area contributed by atoms with Crippen molar-refractivity contribution in [3.05, 3.63) is 59.2 Å². The molecule has 21 heavy (non-hydrogen) atoms. The lowest BCUT2D eigenvalue weighted by Crippen LogP contribution is -2.00. The number of alkyl halides is 1. The molecule has 1 heterocycles. The summed E-state index contributed by atoms with van der Waals surface area (Å²) in [5.74, 6) is -1.63. The van der Waals surface area contributed by atoms with Gasteiger partial charge in [-0.25, -0.2) is 18.2 Å². The Hall–Kier alpha value is -2.01. The van der Waals surface area contributed by atoms with Crippen LogP contribution in [0.1, 0.15) is 11.4 Å². The topological polar surface area (TPSA) is 17.8 Å². The standard InChI is InChI=1S/C15H10ClF3N2/c1-8-2-9(17)4-11(3-8)21-13-6-10(18)5-12(19)15(13)20-14(21)7-16/h2-6H,7H2,1H3. The van der Waals surface area contributed by atoms with Crippen LogP contribution in [-0.2, 0) is 5.88 Å². The maximum Gasteiger partial charge on any atom is 0.153 e. The SMILES string of the molecule is Cc1cc(F)cc(-n2c(CCl)nc3c(F)cc(F)cc32)c1. The number of imidazole rings is 1. The third-order valence-corrected chi connectivity index (χ3v) is 3.39. The molecule has 0 fully saturated rings. The molecule has 0 radical (unpaired) electrons. The minimum absolute atomic E-state index is 0.00830. The number of fused-ring (bicyclic) bond motifs is 1. The highest BCUT2D eigenvalue weighted by Gasteiger charge is 2.17. The van der Waals surface area contributed by atoms with Crippen LogP contribution in [0.3, 0.4) is 0 Å². The van der Waals surface area contributed by atoms with E-state index in [2.05, 4.69) is 4.98 Å². The van der Waals surface area contributed by atoms with E-state index in [9.17, 15) is 13.2 Å². The molecule has 0 saturated carbocycles. The molecule has 2 nitrogen and oxygen atoms in total. The van der Waals surface area contributed by atoms with E-state index in [1.165, 1.54) is 16.7 Å².